The number of methoxy groups -OCH3 is 1. The number of aliphatic imine (C=N–C) groups is 1. The number of nitrogens with two attached hydrogens (primary N) is 1. The fourth-order valence-electron chi connectivity index (χ4n) is 1.57. The van der Waals surface area contributed by atoms with Crippen molar-refractivity contribution in [2.45, 2.75) is 25.7 Å². The molecule has 4 nitrogen and oxygen atoms in total. The first-order valence-electron chi connectivity index (χ1n) is 6.04. The number of halogens is 3. The summed E-state index contributed by atoms with van der Waals surface area (Å²) in [6.45, 7) is 2.58. The van der Waals surface area contributed by atoms with E-state index in [0.29, 0.717) is 12.2 Å². The maximum Gasteiger partial charge on any atom is 0.416 e. The molecule has 0 radical (unpaired) electrons. The molecule has 0 aromatic heterocycles. The van der Waals surface area contributed by atoms with Crippen molar-refractivity contribution in [2.75, 3.05) is 13.7 Å². The van der Waals surface area contributed by atoms with Crippen LogP contribution in [0.5, 0.6) is 0 Å². The Balaban J connectivity index is 2.57. The number of nitrogens with one attached hydrogen (secondary N) is 1. The van der Waals surface area contributed by atoms with Crippen molar-refractivity contribution in [3.8, 4) is 0 Å². The summed E-state index contributed by atoms with van der Waals surface area (Å²) in [5.74, 6) is 0.231. The Kier molecular flexibility index (Phi) is 5.82. The summed E-state index contributed by atoms with van der Waals surface area (Å²) >= 11 is 0. The van der Waals surface area contributed by atoms with Gasteiger partial charge in [-0.1, -0.05) is 12.1 Å². The fourth-order valence-corrected chi connectivity index (χ4v) is 1.57. The number of hydrogen-bond acceptors (Lipinski definition) is 2. The van der Waals surface area contributed by atoms with E-state index in [1.807, 2.05) is 6.92 Å². The van der Waals surface area contributed by atoms with Gasteiger partial charge in [-0.25, -0.2) is 4.99 Å². The van der Waals surface area contributed by atoms with Crippen LogP contribution in [0.2, 0.25) is 0 Å². The van der Waals surface area contributed by atoms with Gasteiger partial charge in [-0.2, -0.15) is 13.2 Å². The van der Waals surface area contributed by atoms with Crippen molar-refractivity contribution < 1.29 is 17.9 Å². The van der Waals surface area contributed by atoms with E-state index < -0.39 is 11.7 Å². The van der Waals surface area contributed by atoms with Crippen LogP contribution in [0.1, 0.15) is 18.1 Å². The van der Waals surface area contributed by atoms with E-state index in [2.05, 4.69) is 10.3 Å². The van der Waals surface area contributed by atoms with Gasteiger partial charge in [0, 0.05) is 13.2 Å². The van der Waals surface area contributed by atoms with Gasteiger partial charge in [0.25, 0.3) is 0 Å². The second kappa shape index (κ2) is 7.14. The number of guanidine groups is 1. The Morgan fingerprint density at radius 1 is 1.35 bits per heavy atom. The molecule has 1 aromatic carbocycles. The first-order chi connectivity index (χ1) is 9.32. The molecular formula is C13H18F3N3O. The van der Waals surface area contributed by atoms with E-state index >= 15 is 0 Å². The molecule has 20 heavy (non-hydrogen) atoms. The van der Waals surface area contributed by atoms with Crippen LogP contribution in [0.25, 0.3) is 0 Å². The monoisotopic (exact) mass is 289 g/mol. The predicted molar refractivity (Wildman–Crippen MR) is 71.2 cm³/mol. The van der Waals surface area contributed by atoms with Crippen LogP contribution in [0, 0.1) is 0 Å². The van der Waals surface area contributed by atoms with Crippen LogP contribution in [0.4, 0.5) is 13.2 Å². The molecule has 0 saturated carbocycles. The maximum absolute atomic E-state index is 12.4. The molecule has 112 valence electrons. The van der Waals surface area contributed by atoms with Gasteiger partial charge in [0.2, 0.25) is 0 Å². The minimum atomic E-state index is -4.32. The number of rotatable bonds is 5. The highest BCUT2D eigenvalue weighted by Crippen LogP contribution is 2.29. The summed E-state index contributed by atoms with van der Waals surface area (Å²) in [6, 6.07) is 4.84. The van der Waals surface area contributed by atoms with Crippen LogP contribution in [-0.4, -0.2) is 25.7 Å². The molecule has 7 heteroatoms. The molecule has 0 bridgehead atoms. The minimum Gasteiger partial charge on any atom is -0.383 e. The largest absolute Gasteiger partial charge is 0.416 e. The van der Waals surface area contributed by atoms with Gasteiger partial charge < -0.3 is 15.8 Å². The van der Waals surface area contributed by atoms with E-state index in [0.717, 1.165) is 12.1 Å². The van der Waals surface area contributed by atoms with Gasteiger partial charge in [0.05, 0.1) is 18.7 Å². The van der Waals surface area contributed by atoms with Crippen molar-refractivity contribution in [1.82, 2.24) is 5.32 Å². The van der Waals surface area contributed by atoms with Crippen molar-refractivity contribution in [3.05, 3.63) is 35.4 Å². The summed E-state index contributed by atoms with van der Waals surface area (Å²) in [5.41, 5.74) is 5.63. The summed E-state index contributed by atoms with van der Waals surface area (Å²) < 4.78 is 42.1. The molecule has 3 N–H and O–H groups in total. The highest BCUT2D eigenvalue weighted by molar-refractivity contribution is 5.78. The first kappa shape index (κ1) is 16.3. The maximum atomic E-state index is 12.4. The molecule has 0 saturated heterocycles. The van der Waals surface area contributed by atoms with Crippen LogP contribution >= 0.6 is 0 Å². The number of benzene rings is 1. The van der Waals surface area contributed by atoms with E-state index in [-0.39, 0.29) is 18.5 Å². The number of hydrogen-bond donors (Lipinski definition) is 2. The lowest BCUT2D eigenvalue weighted by Gasteiger charge is -2.13. The SMILES string of the molecule is COCC(C)NC(N)=NCc1ccc(C(F)(F)F)cc1. The molecule has 0 aliphatic rings. The predicted octanol–water partition coefficient (Wildman–Crippen LogP) is 2.14. The molecule has 0 fully saturated rings. The molecule has 1 rings (SSSR count). The summed E-state index contributed by atoms with van der Waals surface area (Å²) in [7, 11) is 1.58. The molecule has 1 unspecified atom stereocenters. The third kappa shape index (κ3) is 5.48. The second-order valence-corrected chi connectivity index (χ2v) is 4.40. The van der Waals surface area contributed by atoms with Gasteiger partial charge in [-0.3, -0.25) is 0 Å². The quantitative estimate of drug-likeness (QED) is 0.645. The minimum absolute atomic E-state index is 0.0105. The Morgan fingerprint density at radius 3 is 2.45 bits per heavy atom. The Hall–Kier alpha value is -1.76. The topological polar surface area (TPSA) is 59.6 Å². The molecule has 0 heterocycles. The summed E-state index contributed by atoms with van der Waals surface area (Å²) in [6.07, 6.45) is -4.32. The lowest BCUT2D eigenvalue weighted by atomic mass is 10.1. The van der Waals surface area contributed by atoms with Crippen molar-refractivity contribution in [2.24, 2.45) is 10.7 Å². The first-order valence-corrected chi connectivity index (χ1v) is 6.04. The van der Waals surface area contributed by atoms with Crippen LogP contribution in [-0.2, 0) is 17.5 Å². The van der Waals surface area contributed by atoms with Gasteiger partial charge >= 0.3 is 6.18 Å². The smallest absolute Gasteiger partial charge is 0.383 e. The average molecular weight is 289 g/mol. The Labute approximate surface area is 115 Å². The Morgan fingerprint density at radius 2 is 1.95 bits per heavy atom. The lowest BCUT2D eigenvalue weighted by Crippen LogP contribution is -2.40. The van der Waals surface area contributed by atoms with Crippen LogP contribution in [0.15, 0.2) is 29.3 Å². The van der Waals surface area contributed by atoms with Gasteiger partial charge in [-0.15, -0.1) is 0 Å². The summed E-state index contributed by atoms with van der Waals surface area (Å²) in [5, 5.41) is 2.91. The molecule has 0 aliphatic heterocycles. The van der Waals surface area contributed by atoms with Crippen molar-refractivity contribution >= 4 is 5.96 Å². The molecule has 1 aromatic rings. The van der Waals surface area contributed by atoms with E-state index in [1.54, 1.807) is 7.11 Å². The highest BCUT2D eigenvalue weighted by atomic mass is 19.4. The zero-order valence-corrected chi connectivity index (χ0v) is 11.4. The fraction of sp³-hybridized carbons (Fsp3) is 0.462. The van der Waals surface area contributed by atoms with Crippen LogP contribution in [0.3, 0.4) is 0 Å². The number of ether oxygens (including phenoxy) is 1. The van der Waals surface area contributed by atoms with Crippen molar-refractivity contribution in [3.63, 3.8) is 0 Å². The second-order valence-electron chi connectivity index (χ2n) is 4.40. The molecule has 0 spiro atoms. The van der Waals surface area contributed by atoms with Crippen molar-refractivity contribution in [1.29, 1.82) is 0 Å². The Bertz CT molecular complexity index is 443. The van der Waals surface area contributed by atoms with Crippen LogP contribution < -0.4 is 11.1 Å². The molecule has 0 amide bonds. The van der Waals surface area contributed by atoms with E-state index in [4.69, 9.17) is 10.5 Å². The zero-order chi connectivity index (χ0) is 15.2. The normalized spacial score (nSPS) is 14.2. The van der Waals surface area contributed by atoms with Gasteiger partial charge in [0.15, 0.2) is 5.96 Å². The highest BCUT2D eigenvalue weighted by Gasteiger charge is 2.29. The number of alkyl halides is 3. The lowest BCUT2D eigenvalue weighted by molar-refractivity contribution is -0.137. The van der Waals surface area contributed by atoms with E-state index in [1.165, 1.54) is 12.1 Å². The summed E-state index contributed by atoms with van der Waals surface area (Å²) in [4.78, 5) is 4.05. The van der Waals surface area contributed by atoms with Gasteiger partial charge in [0.1, 0.15) is 0 Å². The third-order valence-corrected chi connectivity index (χ3v) is 2.52. The molecule has 0 aliphatic carbocycles. The average Bonchev–Trinajstić information content (AvgIpc) is 2.36. The standard InChI is InChI=1S/C13H18F3N3O/c1-9(8-20-2)19-12(17)18-7-10-3-5-11(6-4-10)13(14,15)16/h3-6,9H,7-8H2,1-2H3,(H3,17,18,19). The van der Waals surface area contributed by atoms with Gasteiger partial charge in [-0.05, 0) is 24.6 Å². The third-order valence-electron chi connectivity index (χ3n) is 2.52. The molecule has 1 atom stereocenters. The van der Waals surface area contributed by atoms with E-state index in [9.17, 15) is 13.2 Å². The number of nitrogens with zero attached hydrogens (tertiary/aromatic N) is 1. The zero-order valence-electron chi connectivity index (χ0n) is 11.4. The molecular weight excluding hydrogens is 271 g/mol.